The van der Waals surface area contributed by atoms with Gasteiger partial charge in [0.2, 0.25) is 5.91 Å². The maximum Gasteiger partial charge on any atom is 1.00 e. The number of nitrogens with zero attached hydrogens (tertiary/aromatic N) is 2. The van der Waals surface area contributed by atoms with Crippen molar-refractivity contribution in [2.45, 2.75) is 25.4 Å². The number of carboxylic acid groups (broad SMARTS) is 1. The molecule has 4 N–H and O–H groups in total. The summed E-state index contributed by atoms with van der Waals surface area (Å²) in [6.07, 6.45) is 0.385. The van der Waals surface area contributed by atoms with Crippen LogP contribution in [0.5, 0.6) is 5.75 Å². The fourth-order valence-electron chi connectivity index (χ4n) is 4.37. The summed E-state index contributed by atoms with van der Waals surface area (Å²) in [7, 11) is 0. The summed E-state index contributed by atoms with van der Waals surface area (Å²) >= 11 is 0. The van der Waals surface area contributed by atoms with Gasteiger partial charge in [-0.1, -0.05) is 0 Å². The number of aromatic hydroxyl groups is 1. The van der Waals surface area contributed by atoms with Crippen LogP contribution in [-0.4, -0.2) is 69.0 Å². The SMILES string of the molecule is CC(=O)NCC1=C(C(=O)O)N2C(=O)[C@@H]3[C@H]2[C@H](C1)CN3C(=O)Nc1ccc(O)cc1.[H-].[Na+]. The van der Waals surface area contributed by atoms with Gasteiger partial charge in [-0.05, 0) is 36.3 Å². The van der Waals surface area contributed by atoms with Crippen molar-refractivity contribution in [2.75, 3.05) is 18.4 Å². The summed E-state index contributed by atoms with van der Waals surface area (Å²) in [5.74, 6) is -1.98. The zero-order valence-corrected chi connectivity index (χ0v) is 18.6. The molecule has 30 heavy (non-hydrogen) atoms. The smallest absolute Gasteiger partial charge is 1.00 e. The van der Waals surface area contributed by atoms with E-state index in [9.17, 15) is 29.4 Å². The Bertz CT molecular complexity index is 953. The van der Waals surface area contributed by atoms with Crippen molar-refractivity contribution in [3.05, 3.63) is 35.5 Å². The Balaban J connectivity index is 0.00000171. The molecule has 0 aliphatic carbocycles. The van der Waals surface area contributed by atoms with Gasteiger partial charge in [-0.25, -0.2) is 9.59 Å². The first-order valence-electron chi connectivity index (χ1n) is 9.17. The first kappa shape index (κ1) is 22.1. The maximum absolute atomic E-state index is 12.8. The molecule has 0 unspecified atom stereocenters. The molecule has 1 aromatic carbocycles. The number of carbonyl (C=O) groups is 4. The average molecular weight is 424 g/mol. The number of carboxylic acids is 1. The van der Waals surface area contributed by atoms with Crippen molar-refractivity contribution in [2.24, 2.45) is 5.92 Å². The zero-order chi connectivity index (χ0) is 20.9. The van der Waals surface area contributed by atoms with Gasteiger partial charge in [0.15, 0.2) is 0 Å². The van der Waals surface area contributed by atoms with E-state index in [1.165, 1.54) is 28.9 Å². The van der Waals surface area contributed by atoms with Gasteiger partial charge in [0.25, 0.3) is 5.91 Å². The van der Waals surface area contributed by atoms with E-state index in [2.05, 4.69) is 10.6 Å². The molecule has 0 aromatic heterocycles. The molecule has 3 aliphatic heterocycles. The van der Waals surface area contributed by atoms with Crippen LogP contribution < -0.4 is 40.2 Å². The monoisotopic (exact) mass is 424 g/mol. The molecular weight excluding hydrogens is 403 g/mol. The van der Waals surface area contributed by atoms with Gasteiger partial charge < -0.3 is 27.2 Å². The van der Waals surface area contributed by atoms with Crippen molar-refractivity contribution in [3.8, 4) is 5.75 Å². The van der Waals surface area contributed by atoms with E-state index in [0.29, 0.717) is 24.2 Å². The standard InChI is InChI=1S/C19H20N4O6.Na.H/c1-9(24)20-7-10-6-11-8-22(19(29)21-12-2-4-13(25)5-3-12)16-14(11)23(17(16)26)15(10)18(27)28;;/h2-5,11,14,16,25H,6-8H2,1H3,(H,20,24)(H,21,29)(H,27,28);;/q;+1;-1/t11-,14-,16+;;/m1../s1. The van der Waals surface area contributed by atoms with Crippen LogP contribution in [-0.2, 0) is 14.4 Å². The van der Waals surface area contributed by atoms with E-state index in [0.717, 1.165) is 0 Å². The van der Waals surface area contributed by atoms with E-state index < -0.39 is 23.9 Å². The molecule has 3 aliphatic rings. The van der Waals surface area contributed by atoms with Gasteiger partial charge in [-0.3, -0.25) is 14.5 Å². The number of hydrogen-bond donors (Lipinski definition) is 4. The number of hydrogen-bond acceptors (Lipinski definition) is 5. The Labute approximate surface area is 195 Å². The molecule has 4 amide bonds. The Morgan fingerprint density at radius 3 is 2.50 bits per heavy atom. The number of nitrogens with one attached hydrogen (secondary N) is 2. The molecule has 154 valence electrons. The maximum atomic E-state index is 12.8. The fourth-order valence-corrected chi connectivity index (χ4v) is 4.37. The Morgan fingerprint density at radius 2 is 1.90 bits per heavy atom. The number of phenols is 1. The van der Waals surface area contributed by atoms with Crippen molar-refractivity contribution in [1.29, 1.82) is 0 Å². The normalized spacial score (nSPS) is 23.9. The number of urea groups is 1. The molecule has 3 atom stereocenters. The molecule has 0 spiro atoms. The van der Waals surface area contributed by atoms with Crippen LogP contribution in [0.4, 0.5) is 10.5 Å². The van der Waals surface area contributed by atoms with E-state index in [-0.39, 0.29) is 66.8 Å². The van der Waals surface area contributed by atoms with Crippen LogP contribution >= 0.6 is 0 Å². The van der Waals surface area contributed by atoms with Gasteiger partial charge >= 0.3 is 41.6 Å². The second kappa shape index (κ2) is 8.29. The number of anilines is 1. The number of rotatable bonds is 4. The second-order valence-corrected chi connectivity index (χ2v) is 7.40. The summed E-state index contributed by atoms with van der Waals surface area (Å²) in [4.78, 5) is 51.2. The third-order valence-corrected chi connectivity index (χ3v) is 5.58. The van der Waals surface area contributed by atoms with Gasteiger partial charge in [0.05, 0.1) is 6.04 Å². The van der Waals surface area contributed by atoms with Crippen molar-refractivity contribution in [3.63, 3.8) is 0 Å². The third kappa shape index (κ3) is 3.66. The predicted molar refractivity (Wildman–Crippen MR) is 101 cm³/mol. The second-order valence-electron chi connectivity index (χ2n) is 7.40. The molecule has 10 nitrogen and oxygen atoms in total. The summed E-state index contributed by atoms with van der Waals surface area (Å²) in [6, 6.07) is 4.43. The first-order valence-corrected chi connectivity index (χ1v) is 9.17. The Morgan fingerprint density at radius 1 is 1.23 bits per heavy atom. The number of β-lactam (4-membered cyclic amide) rings is 1. The molecule has 1 aromatic rings. The minimum atomic E-state index is -1.22. The van der Waals surface area contributed by atoms with E-state index in [1.54, 1.807) is 12.1 Å². The van der Waals surface area contributed by atoms with E-state index in [1.807, 2.05) is 0 Å². The summed E-state index contributed by atoms with van der Waals surface area (Å²) in [6.45, 7) is 1.69. The third-order valence-electron chi connectivity index (χ3n) is 5.58. The van der Waals surface area contributed by atoms with E-state index in [4.69, 9.17) is 0 Å². The summed E-state index contributed by atoms with van der Waals surface area (Å²) < 4.78 is 0. The summed E-state index contributed by atoms with van der Waals surface area (Å²) in [5.41, 5.74) is 0.852. The Hall–Kier alpha value is -2.56. The van der Waals surface area contributed by atoms with Crippen LogP contribution in [0.3, 0.4) is 0 Å². The van der Waals surface area contributed by atoms with Crippen molar-refractivity contribution < 1.29 is 60.4 Å². The van der Waals surface area contributed by atoms with Crippen molar-refractivity contribution >= 4 is 29.5 Å². The quantitative estimate of drug-likeness (QED) is 0.238. The van der Waals surface area contributed by atoms with Crippen LogP contribution in [0.15, 0.2) is 35.5 Å². The van der Waals surface area contributed by atoms with Crippen LogP contribution in [0.2, 0.25) is 0 Å². The molecular formula is C19H21N4NaO6. The molecule has 2 fully saturated rings. The molecule has 0 saturated carbocycles. The van der Waals surface area contributed by atoms with Crippen molar-refractivity contribution in [1.82, 2.24) is 15.1 Å². The van der Waals surface area contributed by atoms with Crippen LogP contribution in [0.25, 0.3) is 0 Å². The minimum Gasteiger partial charge on any atom is -1.00 e. The molecule has 4 rings (SSSR count). The first-order chi connectivity index (χ1) is 13.8. The number of phenolic OH excluding ortho intramolecular Hbond substituents is 1. The average Bonchev–Trinajstić information content (AvgIpc) is 3.03. The fraction of sp³-hybridized carbons (Fsp3) is 0.368. The molecule has 3 heterocycles. The van der Waals surface area contributed by atoms with Crippen LogP contribution in [0, 0.1) is 5.92 Å². The zero-order valence-electron chi connectivity index (χ0n) is 17.6. The number of likely N-dealkylation sites (tertiary alicyclic amines) is 1. The van der Waals surface area contributed by atoms with E-state index >= 15 is 0 Å². The van der Waals surface area contributed by atoms with Gasteiger partial charge in [-0.2, -0.15) is 0 Å². The number of benzene rings is 1. The predicted octanol–water partition coefficient (Wildman–Crippen LogP) is -2.57. The van der Waals surface area contributed by atoms with Gasteiger partial charge in [0, 0.05) is 31.6 Å². The molecule has 2 saturated heterocycles. The molecule has 0 bridgehead atoms. The number of aliphatic carboxylic acids is 1. The number of amides is 4. The summed E-state index contributed by atoms with van der Waals surface area (Å²) in [5, 5.41) is 24.3. The van der Waals surface area contributed by atoms with Gasteiger partial charge in [-0.15, -0.1) is 0 Å². The minimum absolute atomic E-state index is 0. The topological polar surface area (TPSA) is 139 Å². The molecule has 11 heteroatoms. The Kier molecular flexibility index (Phi) is 6.11. The molecule has 0 radical (unpaired) electrons. The largest absolute Gasteiger partial charge is 1.00 e. The number of carbonyl (C=O) groups excluding carboxylic acids is 3. The van der Waals surface area contributed by atoms with Gasteiger partial charge in [0.1, 0.15) is 17.5 Å². The van der Waals surface area contributed by atoms with Crippen LogP contribution in [0.1, 0.15) is 14.8 Å².